The quantitative estimate of drug-likeness (QED) is 0.437. The van der Waals surface area contributed by atoms with Crippen LogP contribution in [0.1, 0.15) is 10.4 Å². The van der Waals surface area contributed by atoms with Crippen molar-refractivity contribution in [1.82, 2.24) is 4.98 Å². The number of pyridine rings is 1. The minimum atomic E-state index is -5.89. The molecule has 0 radical (unpaired) electrons. The normalized spacial score (nSPS) is 12.2. The largest absolute Gasteiger partial charge is 0.534 e. The molecular formula is C12H7BrF3NO5S. The molecular weight excluding hydrogens is 407 g/mol. The van der Waals surface area contributed by atoms with E-state index < -0.39 is 27.5 Å². The van der Waals surface area contributed by atoms with E-state index in [1.807, 2.05) is 0 Å². The second-order valence-corrected chi connectivity index (χ2v) is 6.54. The molecule has 0 spiro atoms. The van der Waals surface area contributed by atoms with Gasteiger partial charge in [-0.1, -0.05) is 6.07 Å². The van der Waals surface area contributed by atoms with Crippen molar-refractivity contribution in [2.45, 2.75) is 5.51 Å². The number of halogens is 4. The second kappa shape index (κ2) is 5.96. The number of esters is 1. The molecule has 0 N–H and O–H groups in total. The summed E-state index contributed by atoms with van der Waals surface area (Å²) in [5.41, 5.74) is -5.61. The van der Waals surface area contributed by atoms with Gasteiger partial charge in [-0.2, -0.15) is 21.6 Å². The number of carbonyl (C=O) groups is 1. The smallest absolute Gasteiger partial charge is 0.465 e. The molecule has 124 valence electrons. The van der Waals surface area contributed by atoms with E-state index in [9.17, 15) is 26.4 Å². The van der Waals surface area contributed by atoms with Gasteiger partial charge >= 0.3 is 21.6 Å². The Labute approximate surface area is 136 Å². The van der Waals surface area contributed by atoms with Gasteiger partial charge in [0.1, 0.15) is 0 Å². The summed E-state index contributed by atoms with van der Waals surface area (Å²) in [5.74, 6) is -1.55. The van der Waals surface area contributed by atoms with Crippen LogP contribution in [0.25, 0.3) is 10.8 Å². The van der Waals surface area contributed by atoms with E-state index in [2.05, 4.69) is 29.8 Å². The summed E-state index contributed by atoms with van der Waals surface area (Å²) < 4.78 is 68.5. The van der Waals surface area contributed by atoms with Gasteiger partial charge in [-0.15, -0.1) is 0 Å². The molecule has 0 saturated carbocycles. The molecule has 1 aromatic carbocycles. The maximum absolute atomic E-state index is 12.4. The van der Waals surface area contributed by atoms with Crippen molar-refractivity contribution in [3.8, 4) is 5.88 Å². The first kappa shape index (κ1) is 17.5. The lowest BCUT2D eigenvalue weighted by molar-refractivity contribution is -0.0500. The molecule has 0 unspecified atom stereocenters. The zero-order chi connectivity index (χ0) is 17.4. The Morgan fingerprint density at radius 2 is 1.91 bits per heavy atom. The van der Waals surface area contributed by atoms with Gasteiger partial charge < -0.3 is 8.92 Å². The number of alkyl halides is 3. The minimum absolute atomic E-state index is 0.00541. The molecule has 0 aliphatic rings. The van der Waals surface area contributed by atoms with E-state index in [1.165, 1.54) is 12.1 Å². The second-order valence-electron chi connectivity index (χ2n) is 4.15. The van der Waals surface area contributed by atoms with Crippen LogP contribution in [0.4, 0.5) is 13.2 Å². The van der Waals surface area contributed by atoms with Crippen molar-refractivity contribution in [2.75, 3.05) is 7.11 Å². The number of nitrogens with zero attached hydrogens (tertiary/aromatic N) is 1. The lowest BCUT2D eigenvalue weighted by Crippen LogP contribution is -2.28. The summed E-state index contributed by atoms with van der Waals surface area (Å²) in [6, 6.07) is 3.88. The zero-order valence-electron chi connectivity index (χ0n) is 11.2. The molecule has 11 heteroatoms. The van der Waals surface area contributed by atoms with Crippen LogP contribution in [0.2, 0.25) is 0 Å². The van der Waals surface area contributed by atoms with Gasteiger partial charge in [-0.05, 0) is 28.1 Å². The average molecular weight is 414 g/mol. The molecule has 23 heavy (non-hydrogen) atoms. The first-order valence-electron chi connectivity index (χ1n) is 5.74. The Morgan fingerprint density at radius 1 is 1.26 bits per heavy atom. The highest BCUT2D eigenvalue weighted by Crippen LogP contribution is 2.33. The van der Waals surface area contributed by atoms with Crippen molar-refractivity contribution >= 4 is 42.8 Å². The Kier molecular flexibility index (Phi) is 4.53. The summed E-state index contributed by atoms with van der Waals surface area (Å²) in [6.07, 6.45) is 1.08. The maximum atomic E-state index is 12.4. The van der Waals surface area contributed by atoms with Crippen LogP contribution < -0.4 is 4.18 Å². The zero-order valence-corrected chi connectivity index (χ0v) is 13.6. The third kappa shape index (κ3) is 3.39. The van der Waals surface area contributed by atoms with E-state index in [1.54, 1.807) is 0 Å². The molecule has 0 aliphatic heterocycles. The van der Waals surface area contributed by atoms with Gasteiger partial charge in [-0.3, -0.25) is 0 Å². The standard InChI is InChI=1S/C12H7BrF3NO5S/c1-21-11(18)6-2-3-7-8(4-6)10(17-5-9(7)13)22-23(19,20)12(14,15)16/h2-5H,1H3. The average Bonchev–Trinajstić information content (AvgIpc) is 2.47. The lowest BCUT2D eigenvalue weighted by atomic mass is 10.1. The van der Waals surface area contributed by atoms with Gasteiger partial charge in [-0.25, -0.2) is 9.78 Å². The molecule has 1 aromatic heterocycles. The van der Waals surface area contributed by atoms with Crippen molar-refractivity contribution in [3.63, 3.8) is 0 Å². The third-order valence-corrected chi connectivity index (χ3v) is 4.27. The van der Waals surface area contributed by atoms with Crippen LogP contribution >= 0.6 is 15.9 Å². The predicted molar refractivity (Wildman–Crippen MR) is 76.4 cm³/mol. The number of hydrogen-bond donors (Lipinski definition) is 0. The highest BCUT2D eigenvalue weighted by Gasteiger charge is 2.49. The topological polar surface area (TPSA) is 82.6 Å². The summed E-state index contributed by atoms with van der Waals surface area (Å²) in [4.78, 5) is 15.0. The number of methoxy groups -OCH3 is 1. The molecule has 1 heterocycles. The van der Waals surface area contributed by atoms with Crippen LogP contribution in [-0.2, 0) is 14.9 Å². The lowest BCUT2D eigenvalue weighted by Gasteiger charge is -2.11. The number of fused-ring (bicyclic) bond motifs is 1. The Bertz CT molecular complexity index is 882. The van der Waals surface area contributed by atoms with Crippen molar-refractivity contribution < 1.29 is 35.3 Å². The van der Waals surface area contributed by atoms with Gasteiger partial charge in [0, 0.05) is 21.4 Å². The van der Waals surface area contributed by atoms with E-state index in [-0.39, 0.29) is 10.9 Å². The summed E-state index contributed by atoms with van der Waals surface area (Å²) in [7, 11) is -4.77. The van der Waals surface area contributed by atoms with E-state index in [4.69, 9.17) is 0 Å². The monoisotopic (exact) mass is 413 g/mol. The Balaban J connectivity index is 2.65. The number of aromatic nitrogens is 1. The molecule has 0 amide bonds. The SMILES string of the molecule is COC(=O)c1ccc2c(Br)cnc(OS(=O)(=O)C(F)(F)F)c2c1. The highest BCUT2D eigenvalue weighted by molar-refractivity contribution is 9.10. The molecule has 0 bridgehead atoms. The van der Waals surface area contributed by atoms with Crippen LogP contribution in [0.5, 0.6) is 5.88 Å². The van der Waals surface area contributed by atoms with Crippen LogP contribution in [-0.4, -0.2) is 32.0 Å². The number of carbonyl (C=O) groups excluding carboxylic acids is 1. The number of rotatable bonds is 3. The molecule has 0 atom stereocenters. The molecule has 2 aromatic rings. The fourth-order valence-corrected chi connectivity index (χ4v) is 2.53. The molecule has 0 aliphatic carbocycles. The van der Waals surface area contributed by atoms with E-state index in [0.29, 0.717) is 9.86 Å². The fourth-order valence-electron chi connectivity index (χ4n) is 1.65. The fraction of sp³-hybridized carbons (Fsp3) is 0.167. The Morgan fingerprint density at radius 3 is 2.48 bits per heavy atom. The van der Waals surface area contributed by atoms with Crippen LogP contribution in [0.3, 0.4) is 0 Å². The molecule has 2 rings (SSSR count). The molecule has 0 saturated heterocycles. The van der Waals surface area contributed by atoms with E-state index in [0.717, 1.165) is 19.4 Å². The first-order chi connectivity index (χ1) is 10.6. The maximum Gasteiger partial charge on any atom is 0.534 e. The van der Waals surface area contributed by atoms with E-state index >= 15 is 0 Å². The van der Waals surface area contributed by atoms with Crippen molar-refractivity contribution in [1.29, 1.82) is 0 Å². The summed E-state index contributed by atoms with van der Waals surface area (Å²) in [6.45, 7) is 0. The van der Waals surface area contributed by atoms with Gasteiger partial charge in [0.25, 0.3) is 0 Å². The number of benzene rings is 1. The van der Waals surface area contributed by atoms with Gasteiger partial charge in [0.15, 0.2) is 0 Å². The van der Waals surface area contributed by atoms with Crippen LogP contribution in [0, 0.1) is 0 Å². The minimum Gasteiger partial charge on any atom is -0.465 e. The molecule has 6 nitrogen and oxygen atoms in total. The predicted octanol–water partition coefficient (Wildman–Crippen LogP) is 3.01. The summed E-state index contributed by atoms with van der Waals surface area (Å²) in [5, 5.41) is 0.204. The number of hydrogen-bond acceptors (Lipinski definition) is 6. The van der Waals surface area contributed by atoms with Crippen molar-refractivity contribution in [2.24, 2.45) is 0 Å². The first-order valence-corrected chi connectivity index (χ1v) is 7.94. The third-order valence-electron chi connectivity index (χ3n) is 2.70. The highest BCUT2D eigenvalue weighted by atomic mass is 79.9. The van der Waals surface area contributed by atoms with Gasteiger partial charge in [0.2, 0.25) is 5.88 Å². The van der Waals surface area contributed by atoms with Crippen LogP contribution in [0.15, 0.2) is 28.9 Å². The number of ether oxygens (including phenoxy) is 1. The van der Waals surface area contributed by atoms with Crippen molar-refractivity contribution in [3.05, 3.63) is 34.4 Å². The summed E-state index contributed by atoms with van der Waals surface area (Å²) >= 11 is 3.12. The molecule has 0 fully saturated rings. The Hall–Kier alpha value is -1.88. The van der Waals surface area contributed by atoms with Gasteiger partial charge in [0.05, 0.1) is 12.7 Å².